The summed E-state index contributed by atoms with van der Waals surface area (Å²) in [5.74, 6) is -1.10. The van der Waals surface area contributed by atoms with Crippen LogP contribution in [0, 0.1) is 11.3 Å². The first-order valence-electron chi connectivity index (χ1n) is 10.5. The Balaban J connectivity index is 1.43. The number of hydrogen-bond acceptors (Lipinski definition) is 9. The molecule has 2 saturated heterocycles. The van der Waals surface area contributed by atoms with Crippen LogP contribution in [0.15, 0.2) is 48.8 Å². The van der Waals surface area contributed by atoms with Crippen LogP contribution in [-0.4, -0.2) is 50.8 Å². The van der Waals surface area contributed by atoms with E-state index in [-0.39, 0.29) is 13.0 Å². The molecule has 2 aliphatic heterocycles. The van der Waals surface area contributed by atoms with Gasteiger partial charge in [-0.2, -0.15) is 10.4 Å². The highest BCUT2D eigenvalue weighted by atomic mass is 16.8. The van der Waals surface area contributed by atoms with Gasteiger partial charge in [0.15, 0.2) is 11.6 Å². The van der Waals surface area contributed by atoms with Crippen LogP contribution in [0.25, 0.3) is 5.52 Å². The normalized spacial score (nSPS) is 27.8. The topological polar surface area (TPSA) is 134 Å². The number of nitrogens with zero attached hydrogens (tertiary/aromatic N) is 4. The van der Waals surface area contributed by atoms with Gasteiger partial charge in [0.25, 0.3) is 0 Å². The number of fused-ring (bicyclic) bond motifs is 2. The Morgan fingerprint density at radius 2 is 2.00 bits per heavy atom. The maximum atomic E-state index is 12.5. The molecule has 4 heterocycles. The van der Waals surface area contributed by atoms with Crippen molar-refractivity contribution in [3.63, 3.8) is 0 Å². The number of ether oxygens (including phenoxy) is 4. The molecule has 2 aromatic heterocycles. The predicted octanol–water partition coefficient (Wildman–Crippen LogP) is 1.95. The summed E-state index contributed by atoms with van der Waals surface area (Å²) in [6, 6.07) is 15.0. The fourth-order valence-corrected chi connectivity index (χ4v) is 4.39. The summed E-state index contributed by atoms with van der Waals surface area (Å²) < 4.78 is 25.5. The number of anilines is 1. The monoisotopic (exact) mass is 449 g/mol. The molecule has 10 heteroatoms. The lowest BCUT2D eigenvalue weighted by molar-refractivity contribution is -0.208. The highest BCUT2D eigenvalue weighted by Crippen LogP contribution is 2.50. The van der Waals surface area contributed by atoms with Gasteiger partial charge in [-0.25, -0.2) is 9.50 Å². The van der Waals surface area contributed by atoms with Crippen molar-refractivity contribution in [1.82, 2.24) is 14.6 Å². The van der Waals surface area contributed by atoms with Crippen molar-refractivity contribution in [2.45, 2.75) is 50.0 Å². The van der Waals surface area contributed by atoms with Crippen molar-refractivity contribution in [3.05, 3.63) is 60.0 Å². The summed E-state index contributed by atoms with van der Waals surface area (Å²) in [7, 11) is 0. The van der Waals surface area contributed by atoms with E-state index in [9.17, 15) is 10.1 Å². The van der Waals surface area contributed by atoms with Crippen molar-refractivity contribution in [2.24, 2.45) is 0 Å². The third-order valence-electron chi connectivity index (χ3n) is 5.86. The van der Waals surface area contributed by atoms with Crippen molar-refractivity contribution in [3.8, 4) is 6.07 Å². The highest BCUT2D eigenvalue weighted by Gasteiger charge is 2.65. The molecule has 4 atom stereocenters. The van der Waals surface area contributed by atoms with E-state index in [0.717, 1.165) is 5.56 Å². The zero-order valence-corrected chi connectivity index (χ0v) is 18.2. The zero-order valence-electron chi connectivity index (χ0n) is 18.2. The average Bonchev–Trinajstić information content (AvgIpc) is 3.44. The second-order valence-corrected chi connectivity index (χ2v) is 8.58. The maximum absolute atomic E-state index is 12.5. The SMILES string of the molecule is CC1(C)O[C@H]2[C@H](c3ccc4c(N)ncnn34)O[C@](C#N)(COC(=O)Cc3ccccc3)[C@H]2O1. The summed E-state index contributed by atoms with van der Waals surface area (Å²) in [4.78, 5) is 16.5. The number of hydrogen-bond donors (Lipinski definition) is 1. The molecule has 3 aromatic rings. The van der Waals surface area contributed by atoms with Gasteiger partial charge in [0, 0.05) is 0 Å². The minimum Gasteiger partial charge on any atom is -0.461 e. The van der Waals surface area contributed by atoms with E-state index in [1.165, 1.54) is 6.33 Å². The summed E-state index contributed by atoms with van der Waals surface area (Å²) in [6.45, 7) is 3.23. The van der Waals surface area contributed by atoms with Crippen molar-refractivity contribution < 1.29 is 23.7 Å². The Morgan fingerprint density at radius 1 is 1.21 bits per heavy atom. The van der Waals surface area contributed by atoms with Crippen molar-refractivity contribution >= 4 is 17.3 Å². The molecular formula is C23H23N5O5. The van der Waals surface area contributed by atoms with Crippen LogP contribution in [0.2, 0.25) is 0 Å². The number of aromatic nitrogens is 3. The van der Waals surface area contributed by atoms with Crippen LogP contribution in [0.3, 0.4) is 0 Å². The van der Waals surface area contributed by atoms with E-state index < -0.39 is 35.7 Å². The van der Waals surface area contributed by atoms with Gasteiger partial charge in [-0.3, -0.25) is 4.79 Å². The first-order chi connectivity index (χ1) is 15.8. The second kappa shape index (κ2) is 7.81. The molecule has 170 valence electrons. The molecule has 2 N–H and O–H groups in total. The van der Waals surface area contributed by atoms with Gasteiger partial charge in [-0.1, -0.05) is 30.3 Å². The number of benzene rings is 1. The predicted molar refractivity (Wildman–Crippen MR) is 114 cm³/mol. The van der Waals surface area contributed by atoms with Gasteiger partial charge in [-0.05, 0) is 31.5 Å². The number of nitrogen functional groups attached to an aromatic ring is 1. The summed E-state index contributed by atoms with van der Waals surface area (Å²) in [6.07, 6.45) is -0.682. The minimum absolute atomic E-state index is 0.0856. The molecule has 5 rings (SSSR count). The van der Waals surface area contributed by atoms with Crippen LogP contribution < -0.4 is 5.73 Å². The lowest BCUT2D eigenvalue weighted by atomic mass is 9.96. The molecule has 0 saturated carbocycles. The fraction of sp³-hybridized carbons (Fsp3) is 0.391. The van der Waals surface area contributed by atoms with E-state index in [4.69, 9.17) is 24.7 Å². The Bertz CT molecular complexity index is 1240. The quantitative estimate of drug-likeness (QED) is 0.580. The first kappa shape index (κ1) is 21.3. The zero-order chi connectivity index (χ0) is 23.2. The number of carbonyl (C=O) groups is 1. The summed E-state index contributed by atoms with van der Waals surface area (Å²) in [5, 5.41) is 14.4. The molecular weight excluding hydrogens is 426 g/mol. The third kappa shape index (κ3) is 3.70. The van der Waals surface area contributed by atoms with Gasteiger partial charge in [0.1, 0.15) is 42.8 Å². The van der Waals surface area contributed by atoms with Gasteiger partial charge < -0.3 is 24.7 Å². The molecule has 10 nitrogen and oxygen atoms in total. The van der Waals surface area contributed by atoms with Crippen LogP contribution in [0.4, 0.5) is 5.82 Å². The van der Waals surface area contributed by atoms with Crippen molar-refractivity contribution in [1.29, 1.82) is 5.26 Å². The maximum Gasteiger partial charge on any atom is 0.310 e. The molecule has 2 fully saturated rings. The number of esters is 1. The molecule has 0 spiro atoms. The first-order valence-corrected chi connectivity index (χ1v) is 10.5. The Morgan fingerprint density at radius 3 is 2.76 bits per heavy atom. The molecule has 0 radical (unpaired) electrons. The minimum atomic E-state index is -1.56. The van der Waals surface area contributed by atoms with E-state index in [1.807, 2.05) is 30.3 Å². The summed E-state index contributed by atoms with van der Waals surface area (Å²) in [5.41, 5.74) is 6.45. The molecule has 0 aliphatic carbocycles. The van der Waals surface area contributed by atoms with E-state index in [2.05, 4.69) is 16.2 Å². The number of carbonyl (C=O) groups excluding carboxylic acids is 1. The molecule has 33 heavy (non-hydrogen) atoms. The number of rotatable bonds is 5. The van der Waals surface area contributed by atoms with E-state index >= 15 is 0 Å². The molecule has 0 amide bonds. The van der Waals surface area contributed by atoms with Crippen LogP contribution in [0.5, 0.6) is 0 Å². The van der Waals surface area contributed by atoms with Gasteiger partial charge in [-0.15, -0.1) is 0 Å². The Kier molecular flexibility index (Phi) is 5.05. The van der Waals surface area contributed by atoms with Crippen LogP contribution in [-0.2, 0) is 30.2 Å². The van der Waals surface area contributed by atoms with Crippen LogP contribution >= 0.6 is 0 Å². The highest BCUT2D eigenvalue weighted by molar-refractivity contribution is 5.72. The molecule has 1 aromatic carbocycles. The van der Waals surface area contributed by atoms with Crippen LogP contribution in [0.1, 0.15) is 31.2 Å². The lowest BCUT2D eigenvalue weighted by Gasteiger charge is -2.28. The molecule has 0 bridgehead atoms. The average molecular weight is 449 g/mol. The van der Waals surface area contributed by atoms with Crippen molar-refractivity contribution in [2.75, 3.05) is 12.3 Å². The standard InChI is InChI=1S/C23H23N5O5/c1-22(2)31-19-18(15-8-9-16-21(25)26-13-27-28(15)16)32-23(11-24,20(19)33-22)12-30-17(29)10-14-6-4-3-5-7-14/h3-9,13,18-20H,10,12H2,1-2H3,(H2,25,26,27)/t18-,19-,20-,23+/m0/s1. The Hall–Kier alpha value is -3.52. The molecule has 2 aliphatic rings. The van der Waals surface area contributed by atoms with Gasteiger partial charge >= 0.3 is 5.97 Å². The van der Waals surface area contributed by atoms with E-state index in [0.29, 0.717) is 17.0 Å². The molecule has 0 unspecified atom stereocenters. The number of nitrogens with two attached hydrogens (primary N) is 1. The van der Waals surface area contributed by atoms with E-state index in [1.54, 1.807) is 30.5 Å². The van der Waals surface area contributed by atoms with Gasteiger partial charge in [0.2, 0.25) is 5.60 Å². The smallest absolute Gasteiger partial charge is 0.310 e. The summed E-state index contributed by atoms with van der Waals surface area (Å²) >= 11 is 0. The largest absolute Gasteiger partial charge is 0.461 e. The third-order valence-corrected chi connectivity index (χ3v) is 5.86. The lowest BCUT2D eigenvalue weighted by Crippen LogP contribution is -2.46. The second-order valence-electron chi connectivity index (χ2n) is 8.58. The Labute approximate surface area is 189 Å². The van der Waals surface area contributed by atoms with Gasteiger partial charge in [0.05, 0.1) is 12.1 Å². The fourth-order valence-electron chi connectivity index (χ4n) is 4.39. The number of nitriles is 1.